The molecule has 2 saturated heterocycles. The van der Waals surface area contributed by atoms with Crippen LogP contribution in [-0.4, -0.2) is 55.9 Å². The summed E-state index contributed by atoms with van der Waals surface area (Å²) < 4.78 is 10.6. The van der Waals surface area contributed by atoms with E-state index < -0.39 is 6.10 Å². The van der Waals surface area contributed by atoms with Crippen LogP contribution in [-0.2, 0) is 14.3 Å². The third kappa shape index (κ3) is 2.68. The number of primary amides is 1. The first kappa shape index (κ1) is 10.9. The van der Waals surface area contributed by atoms with Crippen molar-refractivity contribution in [3.8, 4) is 0 Å². The Kier molecular flexibility index (Phi) is 3.56. The normalized spacial score (nSPS) is 30.3. The Balaban J connectivity index is 1.88. The molecule has 2 aliphatic heterocycles. The van der Waals surface area contributed by atoms with Crippen molar-refractivity contribution in [3.05, 3.63) is 0 Å². The van der Waals surface area contributed by atoms with E-state index in [1.165, 1.54) is 0 Å². The highest BCUT2D eigenvalue weighted by Gasteiger charge is 2.29. The molecule has 0 aromatic carbocycles. The standard InChI is InChI=1S/C10H18N2O3/c11-10(13)9-7-12(3-6-15-9)8-1-4-14-5-2-8/h8-9H,1-7H2,(H2,11,13). The number of amides is 1. The monoisotopic (exact) mass is 214 g/mol. The smallest absolute Gasteiger partial charge is 0.247 e. The van der Waals surface area contributed by atoms with Crippen molar-refractivity contribution in [2.24, 2.45) is 5.73 Å². The molecule has 2 aliphatic rings. The van der Waals surface area contributed by atoms with Gasteiger partial charge in [0.25, 0.3) is 0 Å². The fourth-order valence-corrected chi connectivity index (χ4v) is 2.22. The molecule has 0 spiro atoms. The number of hydrogen-bond acceptors (Lipinski definition) is 4. The highest BCUT2D eigenvalue weighted by atomic mass is 16.5. The van der Waals surface area contributed by atoms with Crippen LogP contribution in [0.25, 0.3) is 0 Å². The molecule has 0 aliphatic carbocycles. The van der Waals surface area contributed by atoms with Crippen molar-refractivity contribution in [2.75, 3.05) is 32.9 Å². The molecule has 1 amide bonds. The van der Waals surface area contributed by atoms with Gasteiger partial charge in [-0.05, 0) is 12.8 Å². The van der Waals surface area contributed by atoms with Gasteiger partial charge in [0.2, 0.25) is 5.91 Å². The van der Waals surface area contributed by atoms with Gasteiger partial charge in [0, 0.05) is 32.3 Å². The number of ether oxygens (including phenoxy) is 2. The number of morpholine rings is 1. The quantitative estimate of drug-likeness (QED) is 0.663. The zero-order valence-electron chi connectivity index (χ0n) is 8.85. The Morgan fingerprint density at radius 1 is 1.27 bits per heavy atom. The third-order valence-electron chi connectivity index (χ3n) is 3.12. The van der Waals surface area contributed by atoms with E-state index in [4.69, 9.17) is 15.2 Å². The molecular formula is C10H18N2O3. The van der Waals surface area contributed by atoms with Gasteiger partial charge < -0.3 is 15.2 Å². The second-order valence-electron chi connectivity index (χ2n) is 4.10. The van der Waals surface area contributed by atoms with Crippen LogP contribution in [0.4, 0.5) is 0 Å². The SMILES string of the molecule is NC(=O)C1CN(C2CCOCC2)CCO1. The first-order chi connectivity index (χ1) is 7.27. The summed E-state index contributed by atoms with van der Waals surface area (Å²) in [7, 11) is 0. The Labute approximate surface area is 89.5 Å². The topological polar surface area (TPSA) is 64.8 Å². The van der Waals surface area contributed by atoms with Crippen molar-refractivity contribution in [1.29, 1.82) is 0 Å². The van der Waals surface area contributed by atoms with E-state index in [0.717, 1.165) is 32.6 Å². The number of hydrogen-bond donors (Lipinski definition) is 1. The lowest BCUT2D eigenvalue weighted by molar-refractivity contribution is -0.137. The van der Waals surface area contributed by atoms with Gasteiger partial charge in [0.1, 0.15) is 6.10 Å². The van der Waals surface area contributed by atoms with E-state index in [0.29, 0.717) is 19.2 Å². The van der Waals surface area contributed by atoms with Crippen molar-refractivity contribution < 1.29 is 14.3 Å². The van der Waals surface area contributed by atoms with Crippen LogP contribution in [0.15, 0.2) is 0 Å². The summed E-state index contributed by atoms with van der Waals surface area (Å²) in [6.45, 7) is 3.78. The van der Waals surface area contributed by atoms with Gasteiger partial charge in [-0.1, -0.05) is 0 Å². The lowest BCUT2D eigenvalue weighted by Crippen LogP contribution is -2.52. The molecular weight excluding hydrogens is 196 g/mol. The van der Waals surface area contributed by atoms with Gasteiger partial charge in [-0.25, -0.2) is 0 Å². The Bertz CT molecular complexity index is 229. The van der Waals surface area contributed by atoms with Gasteiger partial charge >= 0.3 is 0 Å². The van der Waals surface area contributed by atoms with E-state index in [2.05, 4.69) is 4.90 Å². The van der Waals surface area contributed by atoms with Crippen LogP contribution in [0, 0.1) is 0 Å². The summed E-state index contributed by atoms with van der Waals surface area (Å²) in [5.41, 5.74) is 5.24. The summed E-state index contributed by atoms with van der Waals surface area (Å²) in [6, 6.07) is 0.532. The molecule has 2 rings (SSSR count). The number of nitrogens with two attached hydrogens (primary N) is 1. The van der Waals surface area contributed by atoms with Crippen LogP contribution in [0.5, 0.6) is 0 Å². The number of carbonyl (C=O) groups is 1. The molecule has 0 aromatic heterocycles. The fourth-order valence-electron chi connectivity index (χ4n) is 2.22. The molecule has 86 valence electrons. The highest BCUT2D eigenvalue weighted by molar-refractivity contribution is 5.79. The highest BCUT2D eigenvalue weighted by Crippen LogP contribution is 2.17. The van der Waals surface area contributed by atoms with Crippen LogP contribution >= 0.6 is 0 Å². The molecule has 2 fully saturated rings. The largest absolute Gasteiger partial charge is 0.381 e. The summed E-state index contributed by atoms with van der Waals surface area (Å²) in [4.78, 5) is 13.3. The van der Waals surface area contributed by atoms with Gasteiger partial charge in [0.15, 0.2) is 0 Å². The Hall–Kier alpha value is -0.650. The molecule has 5 heteroatoms. The third-order valence-corrected chi connectivity index (χ3v) is 3.12. The molecule has 2 N–H and O–H groups in total. The Morgan fingerprint density at radius 2 is 2.00 bits per heavy atom. The van der Waals surface area contributed by atoms with Gasteiger partial charge in [-0.15, -0.1) is 0 Å². The molecule has 0 saturated carbocycles. The zero-order chi connectivity index (χ0) is 10.7. The minimum absolute atomic E-state index is 0.355. The molecule has 1 atom stereocenters. The average molecular weight is 214 g/mol. The van der Waals surface area contributed by atoms with Gasteiger partial charge in [0.05, 0.1) is 6.61 Å². The maximum Gasteiger partial charge on any atom is 0.247 e. The predicted molar refractivity (Wildman–Crippen MR) is 54.3 cm³/mol. The van der Waals surface area contributed by atoms with Crippen LogP contribution in [0.2, 0.25) is 0 Å². The second kappa shape index (κ2) is 4.92. The van der Waals surface area contributed by atoms with Crippen molar-refractivity contribution in [2.45, 2.75) is 25.0 Å². The van der Waals surface area contributed by atoms with Crippen LogP contribution in [0.1, 0.15) is 12.8 Å². The maximum absolute atomic E-state index is 11.0. The van der Waals surface area contributed by atoms with E-state index in [9.17, 15) is 4.79 Å². The average Bonchev–Trinajstić information content (AvgIpc) is 2.30. The molecule has 0 aromatic rings. The maximum atomic E-state index is 11.0. The van der Waals surface area contributed by atoms with Crippen LogP contribution < -0.4 is 5.73 Å². The summed E-state index contributed by atoms with van der Waals surface area (Å²) >= 11 is 0. The molecule has 1 unspecified atom stereocenters. The van der Waals surface area contributed by atoms with Gasteiger partial charge in [-0.2, -0.15) is 0 Å². The lowest BCUT2D eigenvalue weighted by atomic mass is 10.1. The van der Waals surface area contributed by atoms with E-state index in [1.807, 2.05) is 0 Å². The van der Waals surface area contributed by atoms with Crippen molar-refractivity contribution in [3.63, 3.8) is 0 Å². The molecule has 5 nitrogen and oxygen atoms in total. The zero-order valence-corrected chi connectivity index (χ0v) is 8.85. The molecule has 15 heavy (non-hydrogen) atoms. The first-order valence-electron chi connectivity index (χ1n) is 5.50. The number of carbonyl (C=O) groups excluding carboxylic acids is 1. The molecule has 0 radical (unpaired) electrons. The minimum atomic E-state index is -0.429. The molecule has 2 heterocycles. The summed E-state index contributed by atoms with van der Waals surface area (Å²) in [5, 5.41) is 0. The fraction of sp³-hybridized carbons (Fsp3) is 0.900. The van der Waals surface area contributed by atoms with Gasteiger partial charge in [-0.3, -0.25) is 9.69 Å². The van der Waals surface area contributed by atoms with E-state index in [-0.39, 0.29) is 5.91 Å². The van der Waals surface area contributed by atoms with E-state index >= 15 is 0 Å². The Morgan fingerprint density at radius 3 is 2.67 bits per heavy atom. The van der Waals surface area contributed by atoms with Crippen molar-refractivity contribution >= 4 is 5.91 Å². The molecule has 0 bridgehead atoms. The van der Waals surface area contributed by atoms with Crippen molar-refractivity contribution in [1.82, 2.24) is 4.90 Å². The first-order valence-corrected chi connectivity index (χ1v) is 5.50. The van der Waals surface area contributed by atoms with Crippen LogP contribution in [0.3, 0.4) is 0 Å². The minimum Gasteiger partial charge on any atom is -0.381 e. The number of rotatable bonds is 2. The summed E-state index contributed by atoms with van der Waals surface area (Å²) in [5.74, 6) is -0.355. The van der Waals surface area contributed by atoms with E-state index in [1.54, 1.807) is 0 Å². The summed E-state index contributed by atoms with van der Waals surface area (Å²) in [6.07, 6.45) is 1.67. The lowest BCUT2D eigenvalue weighted by Gasteiger charge is -2.38. The second-order valence-corrected chi connectivity index (χ2v) is 4.10. The number of nitrogens with zero attached hydrogens (tertiary/aromatic N) is 1. The predicted octanol–water partition coefficient (Wildman–Crippen LogP) is -0.648.